The van der Waals surface area contributed by atoms with Crippen molar-refractivity contribution in [3.63, 3.8) is 0 Å². The van der Waals surface area contributed by atoms with Crippen LogP contribution >= 0.6 is 23.2 Å². The molecule has 1 heterocycles. The van der Waals surface area contributed by atoms with Crippen LogP contribution in [0.25, 0.3) is 11.3 Å². The fourth-order valence-corrected chi connectivity index (χ4v) is 2.02. The monoisotopic (exact) mass is 281 g/mol. The number of carboxylic acids is 1. The molecule has 0 saturated heterocycles. The van der Waals surface area contributed by atoms with Gasteiger partial charge in [0.05, 0.1) is 22.0 Å². The number of nitrogens with zero attached hydrogens (tertiary/aromatic N) is 1. The highest BCUT2D eigenvalue weighted by atomic mass is 35.5. The Labute approximate surface area is 114 Å². The van der Waals surface area contributed by atoms with E-state index >= 15 is 0 Å². The molecule has 2 aromatic rings. The molecular formula is C13H9Cl2NO2. The van der Waals surface area contributed by atoms with Gasteiger partial charge in [-0.3, -0.25) is 4.98 Å². The summed E-state index contributed by atoms with van der Waals surface area (Å²) in [5, 5.41) is 10.0. The zero-order chi connectivity index (χ0) is 13.3. The number of hydrogen-bond acceptors (Lipinski definition) is 2. The number of halogens is 2. The molecule has 0 spiro atoms. The fraction of sp³-hybridized carbons (Fsp3) is 0.0769. The predicted octanol–water partition coefficient (Wildman–Crippen LogP) is 4.06. The number of rotatable bonds is 2. The Morgan fingerprint density at radius 3 is 2.56 bits per heavy atom. The van der Waals surface area contributed by atoms with Gasteiger partial charge in [0.15, 0.2) is 0 Å². The molecule has 2 rings (SSSR count). The van der Waals surface area contributed by atoms with Crippen molar-refractivity contribution in [3.05, 3.63) is 51.6 Å². The highest BCUT2D eigenvalue weighted by molar-refractivity contribution is 6.35. The molecule has 5 heteroatoms. The topological polar surface area (TPSA) is 50.2 Å². The third-order valence-corrected chi connectivity index (χ3v) is 3.09. The van der Waals surface area contributed by atoms with E-state index in [1.807, 2.05) is 0 Å². The molecule has 0 fully saturated rings. The highest BCUT2D eigenvalue weighted by Crippen LogP contribution is 2.29. The molecule has 0 aliphatic carbocycles. The van der Waals surface area contributed by atoms with Gasteiger partial charge in [0.2, 0.25) is 0 Å². The average molecular weight is 282 g/mol. The second-order valence-electron chi connectivity index (χ2n) is 3.76. The van der Waals surface area contributed by atoms with E-state index in [1.165, 1.54) is 6.07 Å². The van der Waals surface area contributed by atoms with Crippen LogP contribution in [-0.2, 0) is 0 Å². The maximum absolute atomic E-state index is 10.9. The summed E-state index contributed by atoms with van der Waals surface area (Å²) in [4.78, 5) is 15.1. The number of aryl methyl sites for hydroxylation is 1. The average Bonchev–Trinajstić information content (AvgIpc) is 2.31. The van der Waals surface area contributed by atoms with Gasteiger partial charge in [0.25, 0.3) is 0 Å². The van der Waals surface area contributed by atoms with Crippen LogP contribution in [0, 0.1) is 6.92 Å². The Kier molecular flexibility index (Phi) is 3.55. The minimum atomic E-state index is -0.997. The second kappa shape index (κ2) is 4.96. The SMILES string of the molecule is Cc1nc(-c2cc(Cl)ccc2Cl)ccc1C(=O)O. The number of benzene rings is 1. The molecule has 92 valence electrons. The van der Waals surface area contributed by atoms with E-state index in [9.17, 15) is 4.79 Å². The smallest absolute Gasteiger partial charge is 0.337 e. The van der Waals surface area contributed by atoms with Crippen molar-refractivity contribution < 1.29 is 9.90 Å². The number of carbonyl (C=O) groups is 1. The van der Waals surface area contributed by atoms with Crippen molar-refractivity contribution in [1.29, 1.82) is 0 Å². The summed E-state index contributed by atoms with van der Waals surface area (Å²) in [6, 6.07) is 8.20. The van der Waals surface area contributed by atoms with E-state index in [4.69, 9.17) is 28.3 Å². The van der Waals surface area contributed by atoms with Crippen LogP contribution in [0.2, 0.25) is 10.0 Å². The molecule has 0 aliphatic rings. The molecule has 1 aromatic carbocycles. The van der Waals surface area contributed by atoms with E-state index in [1.54, 1.807) is 31.2 Å². The van der Waals surface area contributed by atoms with Gasteiger partial charge in [-0.1, -0.05) is 23.2 Å². The van der Waals surface area contributed by atoms with Gasteiger partial charge in [-0.05, 0) is 37.3 Å². The van der Waals surface area contributed by atoms with E-state index < -0.39 is 5.97 Å². The van der Waals surface area contributed by atoms with E-state index in [-0.39, 0.29) is 5.56 Å². The predicted molar refractivity (Wildman–Crippen MR) is 71.4 cm³/mol. The molecule has 1 N–H and O–H groups in total. The van der Waals surface area contributed by atoms with Crippen molar-refractivity contribution in [2.75, 3.05) is 0 Å². The summed E-state index contributed by atoms with van der Waals surface area (Å²) >= 11 is 12.0. The van der Waals surface area contributed by atoms with Gasteiger partial charge in [-0.15, -0.1) is 0 Å². The Bertz CT molecular complexity index is 626. The Morgan fingerprint density at radius 2 is 1.94 bits per heavy atom. The van der Waals surface area contributed by atoms with Crippen LogP contribution in [0.1, 0.15) is 16.1 Å². The molecule has 0 bridgehead atoms. The molecule has 0 atom stereocenters. The van der Waals surface area contributed by atoms with Crippen LogP contribution in [0.5, 0.6) is 0 Å². The van der Waals surface area contributed by atoms with E-state index in [0.29, 0.717) is 27.0 Å². The molecule has 0 radical (unpaired) electrons. The molecule has 3 nitrogen and oxygen atoms in total. The highest BCUT2D eigenvalue weighted by Gasteiger charge is 2.11. The first kappa shape index (κ1) is 12.9. The summed E-state index contributed by atoms with van der Waals surface area (Å²) in [5.41, 5.74) is 1.90. The third-order valence-electron chi connectivity index (χ3n) is 2.52. The molecule has 1 aromatic heterocycles. The van der Waals surface area contributed by atoms with Crippen LogP contribution < -0.4 is 0 Å². The molecular weight excluding hydrogens is 273 g/mol. The first-order valence-corrected chi connectivity index (χ1v) is 5.91. The normalized spacial score (nSPS) is 10.4. The summed E-state index contributed by atoms with van der Waals surface area (Å²) in [6.45, 7) is 1.64. The molecule has 18 heavy (non-hydrogen) atoms. The van der Waals surface area contributed by atoms with E-state index in [0.717, 1.165) is 0 Å². The standard InChI is InChI=1S/C13H9Cl2NO2/c1-7-9(13(17)18)3-5-12(16-7)10-6-8(14)2-4-11(10)15/h2-6H,1H3,(H,17,18). The molecule has 0 unspecified atom stereocenters. The van der Waals surface area contributed by atoms with Crippen molar-refractivity contribution >= 4 is 29.2 Å². The number of aromatic nitrogens is 1. The summed E-state index contributed by atoms with van der Waals surface area (Å²) in [7, 11) is 0. The zero-order valence-corrected chi connectivity index (χ0v) is 11.0. The van der Waals surface area contributed by atoms with Crippen LogP contribution in [-0.4, -0.2) is 16.1 Å². The minimum Gasteiger partial charge on any atom is -0.478 e. The van der Waals surface area contributed by atoms with Crippen molar-refractivity contribution in [2.45, 2.75) is 6.92 Å². The minimum absolute atomic E-state index is 0.178. The lowest BCUT2D eigenvalue weighted by Gasteiger charge is -2.07. The lowest BCUT2D eigenvalue weighted by molar-refractivity contribution is 0.0695. The molecule has 0 aliphatic heterocycles. The maximum Gasteiger partial charge on any atom is 0.337 e. The van der Waals surface area contributed by atoms with Crippen LogP contribution in [0.15, 0.2) is 30.3 Å². The van der Waals surface area contributed by atoms with Crippen molar-refractivity contribution in [2.24, 2.45) is 0 Å². The van der Waals surface area contributed by atoms with E-state index in [2.05, 4.69) is 4.98 Å². The van der Waals surface area contributed by atoms with Crippen LogP contribution in [0.4, 0.5) is 0 Å². The summed E-state index contributed by atoms with van der Waals surface area (Å²) in [6.07, 6.45) is 0. The Balaban J connectivity index is 2.55. The third kappa shape index (κ3) is 2.47. The number of hydrogen-bond donors (Lipinski definition) is 1. The maximum atomic E-state index is 10.9. The number of aromatic carboxylic acids is 1. The van der Waals surface area contributed by atoms with Gasteiger partial charge in [0.1, 0.15) is 0 Å². The van der Waals surface area contributed by atoms with Crippen LogP contribution in [0.3, 0.4) is 0 Å². The van der Waals surface area contributed by atoms with Gasteiger partial charge in [-0.2, -0.15) is 0 Å². The van der Waals surface area contributed by atoms with Gasteiger partial charge >= 0.3 is 5.97 Å². The first-order valence-electron chi connectivity index (χ1n) is 5.15. The summed E-state index contributed by atoms with van der Waals surface area (Å²) < 4.78 is 0. The molecule has 0 amide bonds. The lowest BCUT2D eigenvalue weighted by Crippen LogP contribution is -2.02. The molecule has 0 saturated carbocycles. The lowest BCUT2D eigenvalue weighted by atomic mass is 10.1. The Morgan fingerprint density at radius 1 is 1.22 bits per heavy atom. The van der Waals surface area contributed by atoms with Gasteiger partial charge < -0.3 is 5.11 Å². The second-order valence-corrected chi connectivity index (χ2v) is 4.60. The zero-order valence-electron chi connectivity index (χ0n) is 9.45. The first-order chi connectivity index (χ1) is 8.49. The fourth-order valence-electron chi connectivity index (χ4n) is 1.63. The van der Waals surface area contributed by atoms with Gasteiger partial charge in [-0.25, -0.2) is 4.79 Å². The number of pyridine rings is 1. The quantitative estimate of drug-likeness (QED) is 0.903. The van der Waals surface area contributed by atoms with Crippen molar-refractivity contribution in [1.82, 2.24) is 4.98 Å². The van der Waals surface area contributed by atoms with Crippen molar-refractivity contribution in [3.8, 4) is 11.3 Å². The number of carboxylic acid groups (broad SMARTS) is 1. The van der Waals surface area contributed by atoms with Gasteiger partial charge in [0, 0.05) is 10.6 Å². The Hall–Kier alpha value is -1.58. The largest absolute Gasteiger partial charge is 0.478 e. The summed E-state index contributed by atoms with van der Waals surface area (Å²) in [5.74, 6) is -0.997.